The Hall–Kier alpha value is -3.30. The molecule has 1 fully saturated rings. The van der Waals surface area contributed by atoms with E-state index >= 15 is 0 Å². The number of hydrogen-bond acceptors (Lipinski definition) is 6. The van der Waals surface area contributed by atoms with Crippen molar-refractivity contribution >= 4 is 21.6 Å². The van der Waals surface area contributed by atoms with Gasteiger partial charge in [-0.3, -0.25) is 4.79 Å². The van der Waals surface area contributed by atoms with Gasteiger partial charge in [0.05, 0.1) is 23.0 Å². The smallest absolute Gasteiger partial charge is 0.255 e. The highest BCUT2D eigenvalue weighted by Gasteiger charge is 2.30. The van der Waals surface area contributed by atoms with E-state index in [0.717, 1.165) is 19.3 Å². The average molecular weight is 453 g/mol. The number of nitrogens with zero attached hydrogens (tertiary/aromatic N) is 3. The number of phenols is 1. The summed E-state index contributed by atoms with van der Waals surface area (Å²) >= 11 is 0. The topological polar surface area (TPSA) is 112 Å². The first-order chi connectivity index (χ1) is 15.3. The van der Waals surface area contributed by atoms with Gasteiger partial charge in [0, 0.05) is 23.7 Å². The maximum absolute atomic E-state index is 12.9. The van der Waals surface area contributed by atoms with E-state index in [0.29, 0.717) is 29.2 Å². The molecule has 1 saturated heterocycles. The molecule has 4 rings (SSSR count). The third kappa shape index (κ3) is 4.63. The Labute approximate surface area is 187 Å². The molecular weight excluding hydrogens is 428 g/mol. The van der Waals surface area contributed by atoms with Crippen molar-refractivity contribution in [1.82, 2.24) is 14.3 Å². The number of aromatic hydroxyl groups is 1. The van der Waals surface area contributed by atoms with Gasteiger partial charge in [0.25, 0.3) is 5.91 Å². The summed E-state index contributed by atoms with van der Waals surface area (Å²) in [6.45, 7) is 2.44. The zero-order valence-electron chi connectivity index (χ0n) is 17.6. The van der Waals surface area contributed by atoms with Crippen LogP contribution < -0.4 is 5.32 Å². The number of carbonyl (C=O) groups excluding carboxylic acids is 1. The molecule has 1 aliphatic rings. The fraction of sp³-hybridized carbons (Fsp3) is 0.261. The van der Waals surface area contributed by atoms with Gasteiger partial charge in [-0.1, -0.05) is 18.6 Å². The molecule has 1 aromatic heterocycles. The number of aromatic nitrogens is 2. The Bertz CT molecular complexity index is 1210. The minimum atomic E-state index is -3.58. The van der Waals surface area contributed by atoms with Crippen molar-refractivity contribution in [1.29, 1.82) is 0 Å². The lowest BCUT2D eigenvalue weighted by Crippen LogP contribution is -2.41. The van der Waals surface area contributed by atoms with Crippen LogP contribution in [0.15, 0.2) is 65.8 Å². The first kappa shape index (κ1) is 21.9. The van der Waals surface area contributed by atoms with E-state index in [1.807, 2.05) is 6.92 Å². The molecule has 0 bridgehead atoms. The highest BCUT2D eigenvalue weighted by Crippen LogP contribution is 2.25. The van der Waals surface area contributed by atoms with Crippen molar-refractivity contribution in [3.05, 3.63) is 66.5 Å². The third-order valence-electron chi connectivity index (χ3n) is 5.48. The largest absolute Gasteiger partial charge is 0.508 e. The Morgan fingerprint density at radius 3 is 2.47 bits per heavy atom. The van der Waals surface area contributed by atoms with E-state index in [-0.39, 0.29) is 16.7 Å². The van der Waals surface area contributed by atoms with Crippen LogP contribution in [0.5, 0.6) is 5.75 Å². The van der Waals surface area contributed by atoms with Gasteiger partial charge in [0.1, 0.15) is 5.75 Å². The maximum atomic E-state index is 12.9. The van der Waals surface area contributed by atoms with Crippen LogP contribution in [0, 0.1) is 0 Å². The van der Waals surface area contributed by atoms with Crippen molar-refractivity contribution in [2.75, 3.05) is 11.9 Å². The Morgan fingerprint density at radius 1 is 1.09 bits per heavy atom. The number of rotatable bonds is 5. The predicted octanol–water partition coefficient (Wildman–Crippen LogP) is 3.66. The molecule has 2 N–H and O–H groups in total. The Morgan fingerprint density at radius 2 is 1.81 bits per heavy atom. The lowest BCUT2D eigenvalue weighted by molar-refractivity contribution is 0.102. The number of anilines is 1. The number of sulfonamides is 1. The summed E-state index contributed by atoms with van der Waals surface area (Å²) in [4.78, 5) is 21.2. The van der Waals surface area contributed by atoms with Crippen LogP contribution in [0.25, 0.3) is 11.4 Å². The zero-order chi connectivity index (χ0) is 22.7. The minimum absolute atomic E-state index is 0.0282. The van der Waals surface area contributed by atoms with Gasteiger partial charge in [0.2, 0.25) is 10.0 Å². The fourth-order valence-corrected chi connectivity index (χ4v) is 5.43. The standard InChI is InChI=1S/C23H24N4O4S/c1-16-5-2-3-12-27(16)32(30,31)21-10-8-17(9-11-21)23(29)26-19-14-24-22(25-15-19)18-6-4-7-20(28)13-18/h4,6-11,13-16,28H,2-3,5,12H2,1H3,(H,26,29). The molecule has 1 aliphatic heterocycles. The molecule has 1 atom stereocenters. The highest BCUT2D eigenvalue weighted by molar-refractivity contribution is 7.89. The molecule has 32 heavy (non-hydrogen) atoms. The van der Waals surface area contributed by atoms with E-state index in [1.54, 1.807) is 24.3 Å². The lowest BCUT2D eigenvalue weighted by atomic mass is 10.1. The van der Waals surface area contributed by atoms with Crippen molar-refractivity contribution in [2.45, 2.75) is 37.1 Å². The number of carbonyl (C=O) groups is 1. The second-order valence-corrected chi connectivity index (χ2v) is 9.68. The van der Waals surface area contributed by atoms with Gasteiger partial charge in [-0.05, 0) is 56.2 Å². The first-order valence-corrected chi connectivity index (χ1v) is 11.8. The number of nitrogens with one attached hydrogen (secondary N) is 1. The van der Waals surface area contributed by atoms with Crippen LogP contribution in [0.1, 0.15) is 36.5 Å². The van der Waals surface area contributed by atoms with E-state index in [9.17, 15) is 18.3 Å². The summed E-state index contributed by atoms with van der Waals surface area (Å²) in [6, 6.07) is 12.5. The Balaban J connectivity index is 1.45. The zero-order valence-corrected chi connectivity index (χ0v) is 18.4. The summed E-state index contributed by atoms with van der Waals surface area (Å²) in [6.07, 6.45) is 5.69. The van der Waals surface area contributed by atoms with Crippen LogP contribution in [-0.2, 0) is 10.0 Å². The second-order valence-electron chi connectivity index (χ2n) is 7.78. The van der Waals surface area contributed by atoms with Gasteiger partial charge < -0.3 is 10.4 Å². The quantitative estimate of drug-likeness (QED) is 0.611. The number of hydrogen-bond donors (Lipinski definition) is 2. The molecule has 2 aromatic carbocycles. The summed E-state index contributed by atoms with van der Waals surface area (Å²) in [5.74, 6) is 0.137. The molecule has 2 heterocycles. The van der Waals surface area contributed by atoms with Crippen LogP contribution in [0.3, 0.4) is 0 Å². The molecule has 8 nitrogen and oxygen atoms in total. The molecule has 166 valence electrons. The van der Waals surface area contributed by atoms with Crippen molar-refractivity contribution in [3.63, 3.8) is 0 Å². The van der Waals surface area contributed by atoms with Gasteiger partial charge in [-0.25, -0.2) is 18.4 Å². The maximum Gasteiger partial charge on any atom is 0.255 e. The normalized spacial score (nSPS) is 17.1. The van der Waals surface area contributed by atoms with E-state index in [2.05, 4.69) is 15.3 Å². The van der Waals surface area contributed by atoms with Crippen LogP contribution in [-0.4, -0.2) is 46.3 Å². The molecule has 0 radical (unpaired) electrons. The second kappa shape index (κ2) is 9.05. The first-order valence-electron chi connectivity index (χ1n) is 10.4. The van der Waals surface area contributed by atoms with Gasteiger partial charge in [-0.2, -0.15) is 4.31 Å². The van der Waals surface area contributed by atoms with E-state index in [4.69, 9.17) is 0 Å². The number of phenolic OH excluding ortho intramolecular Hbond substituents is 1. The molecule has 0 saturated carbocycles. The van der Waals surface area contributed by atoms with E-state index < -0.39 is 15.9 Å². The predicted molar refractivity (Wildman–Crippen MR) is 121 cm³/mol. The highest BCUT2D eigenvalue weighted by atomic mass is 32.2. The van der Waals surface area contributed by atoms with Crippen LogP contribution in [0.4, 0.5) is 5.69 Å². The molecular formula is C23H24N4O4S. The fourth-order valence-electron chi connectivity index (χ4n) is 3.73. The number of benzene rings is 2. The van der Waals surface area contributed by atoms with Gasteiger partial charge in [0.15, 0.2) is 5.82 Å². The summed E-state index contributed by atoms with van der Waals surface area (Å²) in [5.41, 5.74) is 1.38. The van der Waals surface area contributed by atoms with Crippen LogP contribution >= 0.6 is 0 Å². The minimum Gasteiger partial charge on any atom is -0.508 e. The SMILES string of the molecule is CC1CCCCN1S(=O)(=O)c1ccc(C(=O)Nc2cnc(-c3cccc(O)c3)nc2)cc1. The van der Waals surface area contributed by atoms with Crippen molar-refractivity contribution < 1.29 is 18.3 Å². The summed E-state index contributed by atoms with van der Waals surface area (Å²) in [7, 11) is -3.58. The van der Waals surface area contributed by atoms with Crippen molar-refractivity contribution in [3.8, 4) is 17.1 Å². The average Bonchev–Trinajstić information content (AvgIpc) is 2.80. The summed E-state index contributed by atoms with van der Waals surface area (Å²) in [5, 5.41) is 12.3. The number of amides is 1. The monoisotopic (exact) mass is 452 g/mol. The van der Waals surface area contributed by atoms with Crippen molar-refractivity contribution in [2.24, 2.45) is 0 Å². The van der Waals surface area contributed by atoms with E-state index in [1.165, 1.54) is 41.0 Å². The Kier molecular flexibility index (Phi) is 6.20. The molecule has 9 heteroatoms. The van der Waals surface area contributed by atoms with Gasteiger partial charge in [-0.15, -0.1) is 0 Å². The molecule has 3 aromatic rings. The third-order valence-corrected chi connectivity index (χ3v) is 7.51. The molecule has 1 unspecified atom stereocenters. The molecule has 0 spiro atoms. The molecule has 1 amide bonds. The molecule has 0 aliphatic carbocycles. The number of piperidine rings is 1. The van der Waals surface area contributed by atoms with Gasteiger partial charge >= 0.3 is 0 Å². The summed E-state index contributed by atoms with van der Waals surface area (Å²) < 4.78 is 27.4. The lowest BCUT2D eigenvalue weighted by Gasteiger charge is -2.32. The van der Waals surface area contributed by atoms with Crippen LogP contribution in [0.2, 0.25) is 0 Å².